The normalized spacial score (nSPS) is 19.4. The van der Waals surface area contributed by atoms with Crippen LogP contribution in [0, 0.1) is 0 Å². The van der Waals surface area contributed by atoms with Crippen molar-refractivity contribution in [1.82, 2.24) is 0 Å². The monoisotopic (exact) mass is 236 g/mol. The summed E-state index contributed by atoms with van der Waals surface area (Å²) in [6.07, 6.45) is 0.960. The number of rotatable bonds is 3. The fourth-order valence-electron chi connectivity index (χ4n) is 2.15. The quantitative estimate of drug-likeness (QED) is 0.874. The van der Waals surface area contributed by atoms with Crippen LogP contribution in [0.25, 0.3) is 0 Å². The number of methoxy groups -OCH3 is 1. The number of fused-ring (bicyclic) bond motifs is 1. The molecule has 4 nitrogen and oxygen atoms in total. The maximum Gasteiger partial charge on any atom is 0.310 e. The molecule has 0 fully saturated rings. The lowest BCUT2D eigenvalue weighted by Gasteiger charge is -2.15. The van der Waals surface area contributed by atoms with Crippen LogP contribution in [-0.4, -0.2) is 24.3 Å². The van der Waals surface area contributed by atoms with E-state index in [9.17, 15) is 4.79 Å². The van der Waals surface area contributed by atoms with Gasteiger partial charge in [-0.3, -0.25) is 4.79 Å². The number of aliphatic carboxylic acids is 1. The summed E-state index contributed by atoms with van der Waals surface area (Å²) >= 11 is 0. The van der Waals surface area contributed by atoms with Crippen LogP contribution in [0.2, 0.25) is 0 Å². The molecule has 4 heteroatoms. The second-order valence-corrected chi connectivity index (χ2v) is 4.37. The molecular formula is C13H16O4. The molecule has 0 saturated heterocycles. The zero-order chi connectivity index (χ0) is 12.6. The summed E-state index contributed by atoms with van der Waals surface area (Å²) < 4.78 is 11.0. The largest absolute Gasteiger partial charge is 0.493 e. The van der Waals surface area contributed by atoms with Crippen molar-refractivity contribution in [3.63, 3.8) is 0 Å². The molecule has 1 aromatic rings. The zero-order valence-corrected chi connectivity index (χ0v) is 10.2. The Kier molecular flexibility index (Phi) is 2.96. The summed E-state index contributed by atoms with van der Waals surface area (Å²) in [6, 6.07) is 3.74. The molecule has 0 aromatic heterocycles. The first kappa shape index (κ1) is 11.8. The molecule has 92 valence electrons. The molecule has 2 unspecified atom stereocenters. The van der Waals surface area contributed by atoms with Gasteiger partial charge in [-0.15, -0.1) is 0 Å². The lowest BCUT2D eigenvalue weighted by atomic mass is 9.97. The van der Waals surface area contributed by atoms with E-state index in [1.54, 1.807) is 14.0 Å². The predicted molar refractivity (Wildman–Crippen MR) is 62.8 cm³/mol. The third-order valence-electron chi connectivity index (χ3n) is 3.09. The summed E-state index contributed by atoms with van der Waals surface area (Å²) in [5.74, 6) is -0.212. The molecule has 2 rings (SSSR count). The topological polar surface area (TPSA) is 55.8 Å². The van der Waals surface area contributed by atoms with Gasteiger partial charge in [0.05, 0.1) is 13.0 Å². The van der Waals surface area contributed by atoms with Crippen LogP contribution in [0.1, 0.15) is 30.9 Å². The smallest absolute Gasteiger partial charge is 0.310 e. The van der Waals surface area contributed by atoms with Gasteiger partial charge in [0, 0.05) is 17.5 Å². The highest BCUT2D eigenvalue weighted by Crippen LogP contribution is 2.42. The van der Waals surface area contributed by atoms with Gasteiger partial charge in [0.15, 0.2) is 11.5 Å². The lowest BCUT2D eigenvalue weighted by molar-refractivity contribution is -0.138. The minimum absolute atomic E-state index is 0.120. The molecule has 1 aliphatic rings. The van der Waals surface area contributed by atoms with Crippen molar-refractivity contribution >= 4 is 5.97 Å². The number of carboxylic acid groups (broad SMARTS) is 1. The van der Waals surface area contributed by atoms with Crippen LogP contribution in [0.5, 0.6) is 11.5 Å². The predicted octanol–water partition coefficient (Wildman–Crippen LogP) is 2.21. The van der Waals surface area contributed by atoms with Crippen LogP contribution >= 0.6 is 0 Å². The molecule has 1 N–H and O–H groups in total. The molecule has 2 atom stereocenters. The lowest BCUT2D eigenvalue weighted by Crippen LogP contribution is -2.10. The minimum Gasteiger partial charge on any atom is -0.493 e. The third-order valence-corrected chi connectivity index (χ3v) is 3.09. The number of ether oxygens (including phenoxy) is 2. The number of carboxylic acids is 1. The van der Waals surface area contributed by atoms with Crippen LogP contribution in [-0.2, 0) is 11.2 Å². The molecule has 1 heterocycles. The Balaban J connectivity index is 2.49. The van der Waals surface area contributed by atoms with Gasteiger partial charge in [0.1, 0.15) is 6.10 Å². The van der Waals surface area contributed by atoms with Gasteiger partial charge in [-0.25, -0.2) is 0 Å². The van der Waals surface area contributed by atoms with E-state index in [1.807, 2.05) is 19.1 Å². The van der Waals surface area contributed by atoms with Gasteiger partial charge in [-0.05, 0) is 13.8 Å². The van der Waals surface area contributed by atoms with Crippen molar-refractivity contribution in [2.45, 2.75) is 32.3 Å². The van der Waals surface area contributed by atoms with Crippen molar-refractivity contribution < 1.29 is 19.4 Å². The first-order chi connectivity index (χ1) is 8.04. The number of benzene rings is 1. The Hall–Kier alpha value is -1.71. The first-order valence-electron chi connectivity index (χ1n) is 5.63. The van der Waals surface area contributed by atoms with Crippen molar-refractivity contribution in [3.05, 3.63) is 23.3 Å². The van der Waals surface area contributed by atoms with Gasteiger partial charge >= 0.3 is 5.97 Å². The SMILES string of the molecule is COc1c(C(C)C(=O)O)ccc2c1OC(C)C2. The molecule has 0 bridgehead atoms. The minimum atomic E-state index is -0.866. The Morgan fingerprint density at radius 3 is 2.88 bits per heavy atom. The van der Waals surface area contributed by atoms with E-state index >= 15 is 0 Å². The Bertz CT molecular complexity index is 453. The molecular weight excluding hydrogens is 220 g/mol. The molecule has 1 aliphatic heterocycles. The Morgan fingerprint density at radius 1 is 1.59 bits per heavy atom. The second-order valence-electron chi connectivity index (χ2n) is 4.37. The van der Waals surface area contributed by atoms with Crippen LogP contribution < -0.4 is 9.47 Å². The van der Waals surface area contributed by atoms with Crippen LogP contribution in [0.4, 0.5) is 0 Å². The van der Waals surface area contributed by atoms with Crippen molar-refractivity contribution in [1.29, 1.82) is 0 Å². The van der Waals surface area contributed by atoms with Gasteiger partial charge in [0.25, 0.3) is 0 Å². The molecule has 0 saturated carbocycles. The van der Waals surface area contributed by atoms with Gasteiger partial charge < -0.3 is 14.6 Å². The summed E-state index contributed by atoms with van der Waals surface area (Å²) in [6.45, 7) is 3.63. The number of hydrogen-bond acceptors (Lipinski definition) is 3. The Labute approximate surface area is 100 Å². The maximum absolute atomic E-state index is 11.0. The van der Waals surface area contributed by atoms with Crippen LogP contribution in [0.15, 0.2) is 12.1 Å². The molecule has 1 aromatic carbocycles. The van der Waals surface area contributed by atoms with Gasteiger partial charge in [-0.1, -0.05) is 12.1 Å². The van der Waals surface area contributed by atoms with E-state index in [0.717, 1.165) is 12.0 Å². The maximum atomic E-state index is 11.0. The summed E-state index contributed by atoms with van der Waals surface area (Å²) in [7, 11) is 1.54. The van der Waals surface area contributed by atoms with Crippen LogP contribution in [0.3, 0.4) is 0 Å². The van der Waals surface area contributed by atoms with Gasteiger partial charge in [0.2, 0.25) is 0 Å². The van der Waals surface area contributed by atoms with Crippen molar-refractivity contribution in [2.75, 3.05) is 7.11 Å². The average molecular weight is 236 g/mol. The summed E-state index contributed by atoms with van der Waals surface area (Å²) in [5, 5.41) is 9.06. The first-order valence-corrected chi connectivity index (χ1v) is 5.63. The highest BCUT2D eigenvalue weighted by Gasteiger charge is 2.28. The van der Waals surface area contributed by atoms with Gasteiger partial charge in [-0.2, -0.15) is 0 Å². The average Bonchev–Trinajstić information content (AvgIpc) is 2.66. The van der Waals surface area contributed by atoms with Crippen molar-refractivity contribution in [2.24, 2.45) is 0 Å². The molecule has 17 heavy (non-hydrogen) atoms. The van der Waals surface area contributed by atoms with E-state index in [4.69, 9.17) is 14.6 Å². The fraction of sp³-hybridized carbons (Fsp3) is 0.462. The zero-order valence-electron chi connectivity index (χ0n) is 10.2. The van der Waals surface area contributed by atoms with E-state index in [1.165, 1.54) is 0 Å². The van der Waals surface area contributed by atoms with Crippen molar-refractivity contribution in [3.8, 4) is 11.5 Å². The summed E-state index contributed by atoms with van der Waals surface area (Å²) in [4.78, 5) is 11.0. The number of carbonyl (C=O) groups is 1. The molecule has 0 amide bonds. The third kappa shape index (κ3) is 1.95. The molecule has 0 aliphatic carbocycles. The summed E-state index contributed by atoms with van der Waals surface area (Å²) in [5.41, 5.74) is 1.74. The van der Waals surface area contributed by atoms with E-state index in [0.29, 0.717) is 17.1 Å². The van der Waals surface area contributed by atoms with E-state index in [-0.39, 0.29) is 6.10 Å². The highest BCUT2D eigenvalue weighted by atomic mass is 16.5. The Morgan fingerprint density at radius 2 is 2.29 bits per heavy atom. The fourth-order valence-corrected chi connectivity index (χ4v) is 2.15. The highest BCUT2D eigenvalue weighted by molar-refractivity contribution is 5.77. The molecule has 0 spiro atoms. The standard InChI is InChI=1S/C13H16O4/c1-7-6-9-4-5-10(8(2)13(14)15)12(16-3)11(9)17-7/h4-5,7-8H,6H2,1-3H3,(H,14,15). The van der Waals surface area contributed by atoms with E-state index < -0.39 is 11.9 Å². The van der Waals surface area contributed by atoms with E-state index in [2.05, 4.69) is 0 Å². The molecule has 0 radical (unpaired) electrons. The number of hydrogen-bond donors (Lipinski definition) is 1. The second kappa shape index (κ2) is 4.28.